The summed E-state index contributed by atoms with van der Waals surface area (Å²) in [6, 6.07) is 0. The fourth-order valence-electron chi connectivity index (χ4n) is 1.76. The number of hydrogen-bond donors (Lipinski definition) is 1. The molecule has 0 aliphatic heterocycles. The molecule has 90 valence electrons. The number of carboxylic acid groups (broad SMARTS) is 1. The minimum Gasteiger partial charge on any atom is -0.477 e. The molecule has 17 heavy (non-hydrogen) atoms. The molecule has 0 fully saturated rings. The Morgan fingerprint density at radius 1 is 1.47 bits per heavy atom. The molecule has 6 heteroatoms. The summed E-state index contributed by atoms with van der Waals surface area (Å²) < 4.78 is 3.43. The van der Waals surface area contributed by atoms with Crippen molar-refractivity contribution in [1.29, 1.82) is 0 Å². The smallest absolute Gasteiger partial charge is 0.354 e. The lowest BCUT2D eigenvalue weighted by atomic mass is 10.2. The molecule has 0 radical (unpaired) electrons. The molecule has 0 atom stereocenters. The molecule has 2 heterocycles. The number of aromatic nitrogens is 4. The second-order valence-electron chi connectivity index (χ2n) is 3.92. The quantitative estimate of drug-likeness (QED) is 0.851. The van der Waals surface area contributed by atoms with Gasteiger partial charge in [0.25, 0.3) is 0 Å². The zero-order valence-corrected chi connectivity index (χ0v) is 9.79. The summed E-state index contributed by atoms with van der Waals surface area (Å²) in [7, 11) is 1.86. The number of nitrogens with zero attached hydrogens (tertiary/aromatic N) is 4. The highest BCUT2D eigenvalue weighted by molar-refractivity contribution is 5.85. The molecular formula is C11H14N4O2. The molecule has 2 aromatic rings. The highest BCUT2D eigenvalue weighted by Gasteiger charge is 2.12. The van der Waals surface area contributed by atoms with Crippen LogP contribution in [-0.2, 0) is 20.0 Å². The first-order chi connectivity index (χ1) is 8.08. The maximum absolute atomic E-state index is 11.0. The van der Waals surface area contributed by atoms with E-state index < -0.39 is 5.97 Å². The van der Waals surface area contributed by atoms with Crippen LogP contribution in [0.3, 0.4) is 0 Å². The standard InChI is InChI=1S/C11H14N4O2/c1-8-12-6-10(11(16)17)15(8)4-3-9-5-13-14(2)7-9/h5-7H,3-4H2,1-2H3,(H,16,17). The number of carbonyl (C=O) groups is 1. The second-order valence-corrected chi connectivity index (χ2v) is 3.92. The third-order valence-electron chi connectivity index (χ3n) is 2.66. The lowest BCUT2D eigenvalue weighted by molar-refractivity contribution is 0.0684. The number of imidazole rings is 1. The minimum atomic E-state index is -0.947. The van der Waals surface area contributed by atoms with Gasteiger partial charge in [-0.1, -0.05) is 0 Å². The highest BCUT2D eigenvalue weighted by atomic mass is 16.4. The molecule has 0 aliphatic rings. The van der Waals surface area contributed by atoms with Crippen molar-refractivity contribution in [1.82, 2.24) is 19.3 Å². The number of aryl methyl sites for hydroxylation is 3. The van der Waals surface area contributed by atoms with Crippen LogP contribution < -0.4 is 0 Å². The molecule has 2 rings (SSSR count). The Labute approximate surface area is 98.5 Å². The maximum atomic E-state index is 11.0. The summed E-state index contributed by atoms with van der Waals surface area (Å²) in [5, 5.41) is 13.1. The van der Waals surface area contributed by atoms with Crippen LogP contribution >= 0.6 is 0 Å². The van der Waals surface area contributed by atoms with E-state index in [0.29, 0.717) is 12.4 Å². The molecule has 2 aromatic heterocycles. The van der Waals surface area contributed by atoms with Crippen molar-refractivity contribution in [3.63, 3.8) is 0 Å². The molecular weight excluding hydrogens is 220 g/mol. The first-order valence-electron chi connectivity index (χ1n) is 5.31. The summed E-state index contributed by atoms with van der Waals surface area (Å²) >= 11 is 0. The van der Waals surface area contributed by atoms with E-state index in [4.69, 9.17) is 5.11 Å². The normalized spacial score (nSPS) is 10.7. The largest absolute Gasteiger partial charge is 0.477 e. The van der Waals surface area contributed by atoms with Gasteiger partial charge in [-0.3, -0.25) is 4.68 Å². The van der Waals surface area contributed by atoms with Gasteiger partial charge in [-0.15, -0.1) is 0 Å². The molecule has 0 amide bonds. The summed E-state index contributed by atoms with van der Waals surface area (Å²) in [5.74, 6) is -0.233. The van der Waals surface area contributed by atoms with Gasteiger partial charge in [-0.05, 0) is 18.9 Å². The topological polar surface area (TPSA) is 72.9 Å². The number of aromatic carboxylic acids is 1. The van der Waals surface area contributed by atoms with Crippen LogP contribution in [0.2, 0.25) is 0 Å². The van der Waals surface area contributed by atoms with Crippen LogP contribution in [0.4, 0.5) is 0 Å². The Bertz CT molecular complexity index is 541. The van der Waals surface area contributed by atoms with E-state index in [-0.39, 0.29) is 5.69 Å². The average Bonchev–Trinajstić information content (AvgIpc) is 2.82. The van der Waals surface area contributed by atoms with Crippen molar-refractivity contribution in [3.8, 4) is 0 Å². The molecule has 0 aliphatic carbocycles. The van der Waals surface area contributed by atoms with Crippen molar-refractivity contribution in [2.45, 2.75) is 19.9 Å². The van der Waals surface area contributed by atoms with Crippen LogP contribution in [0, 0.1) is 6.92 Å². The van der Waals surface area contributed by atoms with Crippen molar-refractivity contribution >= 4 is 5.97 Å². The first-order valence-corrected chi connectivity index (χ1v) is 5.31. The Balaban J connectivity index is 2.13. The van der Waals surface area contributed by atoms with Crippen molar-refractivity contribution in [3.05, 3.63) is 35.7 Å². The zero-order valence-electron chi connectivity index (χ0n) is 9.79. The van der Waals surface area contributed by atoms with Crippen LogP contribution in [0.5, 0.6) is 0 Å². The average molecular weight is 234 g/mol. The summed E-state index contributed by atoms with van der Waals surface area (Å²) in [6.45, 7) is 2.40. The van der Waals surface area contributed by atoms with E-state index in [1.165, 1.54) is 6.20 Å². The van der Waals surface area contributed by atoms with Crippen molar-refractivity contribution in [2.75, 3.05) is 0 Å². The fourth-order valence-corrected chi connectivity index (χ4v) is 1.76. The van der Waals surface area contributed by atoms with E-state index in [1.807, 2.05) is 13.2 Å². The van der Waals surface area contributed by atoms with Crippen molar-refractivity contribution < 1.29 is 9.90 Å². The van der Waals surface area contributed by atoms with Gasteiger partial charge in [0, 0.05) is 19.8 Å². The van der Waals surface area contributed by atoms with Gasteiger partial charge in [0.2, 0.25) is 0 Å². The molecule has 0 spiro atoms. The molecule has 0 bridgehead atoms. The summed E-state index contributed by atoms with van der Waals surface area (Å²) in [4.78, 5) is 15.0. The van der Waals surface area contributed by atoms with Gasteiger partial charge in [-0.2, -0.15) is 5.10 Å². The Morgan fingerprint density at radius 2 is 2.24 bits per heavy atom. The van der Waals surface area contributed by atoms with Crippen molar-refractivity contribution in [2.24, 2.45) is 7.05 Å². The van der Waals surface area contributed by atoms with Gasteiger partial charge < -0.3 is 9.67 Å². The highest BCUT2D eigenvalue weighted by Crippen LogP contribution is 2.07. The molecule has 0 saturated carbocycles. The number of hydrogen-bond acceptors (Lipinski definition) is 3. The molecule has 0 aromatic carbocycles. The number of carboxylic acids is 1. The predicted molar refractivity (Wildman–Crippen MR) is 60.8 cm³/mol. The fraction of sp³-hybridized carbons (Fsp3) is 0.364. The van der Waals surface area contributed by atoms with Crippen LogP contribution in [-0.4, -0.2) is 30.4 Å². The van der Waals surface area contributed by atoms with Crippen LogP contribution in [0.1, 0.15) is 21.9 Å². The molecule has 0 saturated heterocycles. The van der Waals surface area contributed by atoms with Crippen LogP contribution in [0.25, 0.3) is 0 Å². The van der Waals surface area contributed by atoms with E-state index in [0.717, 1.165) is 12.0 Å². The summed E-state index contributed by atoms with van der Waals surface area (Å²) in [5.41, 5.74) is 1.31. The maximum Gasteiger partial charge on any atom is 0.354 e. The van der Waals surface area contributed by atoms with Crippen LogP contribution in [0.15, 0.2) is 18.6 Å². The SMILES string of the molecule is Cc1ncc(C(=O)O)n1CCc1cnn(C)c1. The minimum absolute atomic E-state index is 0.228. The Morgan fingerprint density at radius 3 is 2.82 bits per heavy atom. The van der Waals surface area contributed by atoms with E-state index in [9.17, 15) is 4.79 Å². The third kappa shape index (κ3) is 2.35. The van der Waals surface area contributed by atoms with E-state index in [2.05, 4.69) is 10.1 Å². The Kier molecular flexibility index (Phi) is 2.95. The first kappa shape index (κ1) is 11.4. The van der Waals surface area contributed by atoms with Gasteiger partial charge in [-0.25, -0.2) is 9.78 Å². The third-order valence-corrected chi connectivity index (χ3v) is 2.66. The monoisotopic (exact) mass is 234 g/mol. The zero-order chi connectivity index (χ0) is 12.4. The van der Waals surface area contributed by atoms with E-state index >= 15 is 0 Å². The van der Waals surface area contributed by atoms with Gasteiger partial charge in [0.15, 0.2) is 0 Å². The molecule has 0 unspecified atom stereocenters. The van der Waals surface area contributed by atoms with Gasteiger partial charge in [0.05, 0.1) is 12.4 Å². The molecule has 6 nitrogen and oxygen atoms in total. The predicted octanol–water partition coefficient (Wildman–Crippen LogP) is 0.866. The summed E-state index contributed by atoms with van der Waals surface area (Å²) in [6.07, 6.45) is 5.84. The van der Waals surface area contributed by atoms with Gasteiger partial charge >= 0.3 is 5.97 Å². The van der Waals surface area contributed by atoms with E-state index in [1.54, 1.807) is 22.4 Å². The lowest BCUT2D eigenvalue weighted by Gasteiger charge is -2.06. The van der Waals surface area contributed by atoms with Gasteiger partial charge in [0.1, 0.15) is 11.5 Å². The molecule has 1 N–H and O–H groups in total. The lowest BCUT2D eigenvalue weighted by Crippen LogP contribution is -2.11. The number of rotatable bonds is 4. The second kappa shape index (κ2) is 4.40. The Hall–Kier alpha value is -2.11.